The first-order chi connectivity index (χ1) is 12.0. The summed E-state index contributed by atoms with van der Waals surface area (Å²) in [5.41, 5.74) is 3.42. The van der Waals surface area contributed by atoms with Crippen molar-refractivity contribution < 1.29 is 14.7 Å². The molecule has 4 heteroatoms. The van der Waals surface area contributed by atoms with Crippen LogP contribution in [-0.2, 0) is 22.4 Å². The second-order valence-electron chi connectivity index (χ2n) is 6.37. The quantitative estimate of drug-likeness (QED) is 0.734. The second kappa shape index (κ2) is 9.62. The molecule has 1 amide bonds. The van der Waals surface area contributed by atoms with Crippen LogP contribution in [0.3, 0.4) is 0 Å². The number of aryl methyl sites for hydroxylation is 2. The van der Waals surface area contributed by atoms with Gasteiger partial charge in [-0.25, -0.2) is 0 Å². The number of rotatable bonds is 9. The van der Waals surface area contributed by atoms with Crippen molar-refractivity contribution >= 4 is 11.9 Å². The molecule has 25 heavy (non-hydrogen) atoms. The number of amides is 1. The zero-order valence-electron chi connectivity index (χ0n) is 14.6. The third kappa shape index (κ3) is 7.21. The molecule has 0 aliphatic heterocycles. The molecule has 2 aromatic carbocycles. The number of carbonyl (C=O) groups is 2. The Hall–Kier alpha value is -2.62. The molecule has 0 spiro atoms. The zero-order valence-corrected chi connectivity index (χ0v) is 14.6. The number of aliphatic carboxylic acids is 1. The average Bonchev–Trinajstić information content (AvgIpc) is 2.60. The van der Waals surface area contributed by atoms with Gasteiger partial charge in [0.2, 0.25) is 5.91 Å². The topological polar surface area (TPSA) is 66.4 Å². The van der Waals surface area contributed by atoms with E-state index < -0.39 is 5.97 Å². The molecule has 0 radical (unpaired) electrons. The summed E-state index contributed by atoms with van der Waals surface area (Å²) in [6, 6.07) is 17.8. The highest BCUT2D eigenvalue weighted by Gasteiger charge is 2.14. The smallest absolute Gasteiger partial charge is 0.303 e. The maximum Gasteiger partial charge on any atom is 0.303 e. The lowest BCUT2D eigenvalue weighted by Crippen LogP contribution is -2.37. The van der Waals surface area contributed by atoms with E-state index in [1.54, 1.807) is 0 Å². The molecule has 0 aromatic heterocycles. The molecule has 0 aliphatic rings. The highest BCUT2D eigenvalue weighted by molar-refractivity contribution is 5.76. The van der Waals surface area contributed by atoms with E-state index in [0.29, 0.717) is 25.7 Å². The third-order valence-electron chi connectivity index (χ3n) is 4.16. The summed E-state index contributed by atoms with van der Waals surface area (Å²) in [5.74, 6) is -0.876. The average molecular weight is 339 g/mol. The van der Waals surface area contributed by atoms with Crippen LogP contribution >= 0.6 is 0 Å². The van der Waals surface area contributed by atoms with Gasteiger partial charge in [-0.2, -0.15) is 0 Å². The fourth-order valence-corrected chi connectivity index (χ4v) is 2.73. The van der Waals surface area contributed by atoms with Gasteiger partial charge in [-0.3, -0.25) is 9.59 Å². The monoisotopic (exact) mass is 339 g/mol. The van der Waals surface area contributed by atoms with Crippen molar-refractivity contribution in [1.82, 2.24) is 5.32 Å². The molecule has 0 heterocycles. The minimum atomic E-state index is -0.841. The van der Waals surface area contributed by atoms with Gasteiger partial charge in [0.25, 0.3) is 0 Å². The van der Waals surface area contributed by atoms with E-state index in [2.05, 4.69) is 5.32 Å². The minimum Gasteiger partial charge on any atom is -0.481 e. The van der Waals surface area contributed by atoms with Gasteiger partial charge < -0.3 is 10.4 Å². The van der Waals surface area contributed by atoms with Crippen LogP contribution in [0.15, 0.2) is 54.6 Å². The summed E-state index contributed by atoms with van der Waals surface area (Å²) < 4.78 is 0. The van der Waals surface area contributed by atoms with Crippen molar-refractivity contribution in [2.75, 3.05) is 0 Å². The zero-order chi connectivity index (χ0) is 18.1. The van der Waals surface area contributed by atoms with E-state index >= 15 is 0 Å². The lowest BCUT2D eigenvalue weighted by atomic mass is 10.0. The Morgan fingerprint density at radius 2 is 1.64 bits per heavy atom. The summed E-state index contributed by atoms with van der Waals surface area (Å²) in [6.45, 7) is 2.03. The van der Waals surface area contributed by atoms with Crippen LogP contribution in [-0.4, -0.2) is 23.0 Å². The Kier molecular flexibility index (Phi) is 7.20. The van der Waals surface area contributed by atoms with Gasteiger partial charge in [-0.05, 0) is 37.3 Å². The summed E-state index contributed by atoms with van der Waals surface area (Å²) in [7, 11) is 0. The van der Waals surface area contributed by atoms with Crippen molar-refractivity contribution in [1.29, 1.82) is 0 Å². The van der Waals surface area contributed by atoms with Crippen molar-refractivity contribution in [3.8, 4) is 0 Å². The molecule has 2 aromatic rings. The Morgan fingerprint density at radius 1 is 0.960 bits per heavy atom. The molecule has 132 valence electrons. The number of nitrogens with one attached hydrogen (secondary N) is 1. The number of carboxylic acids is 1. The lowest BCUT2D eigenvalue weighted by molar-refractivity contribution is -0.137. The van der Waals surface area contributed by atoms with Gasteiger partial charge in [-0.15, -0.1) is 0 Å². The summed E-state index contributed by atoms with van der Waals surface area (Å²) in [4.78, 5) is 23.1. The van der Waals surface area contributed by atoms with E-state index in [0.717, 1.165) is 11.1 Å². The number of carbonyl (C=O) groups excluding carboxylic acids is 1. The summed E-state index contributed by atoms with van der Waals surface area (Å²) in [5, 5.41) is 11.9. The van der Waals surface area contributed by atoms with E-state index in [1.807, 2.05) is 61.5 Å². The second-order valence-corrected chi connectivity index (χ2v) is 6.37. The van der Waals surface area contributed by atoms with Gasteiger partial charge in [0, 0.05) is 18.9 Å². The van der Waals surface area contributed by atoms with Crippen LogP contribution in [0, 0.1) is 6.92 Å². The molecule has 1 unspecified atom stereocenters. The van der Waals surface area contributed by atoms with E-state index in [1.165, 1.54) is 5.56 Å². The van der Waals surface area contributed by atoms with Gasteiger partial charge in [0.1, 0.15) is 0 Å². The predicted octanol–water partition coefficient (Wildman–Crippen LogP) is 3.52. The molecular formula is C21H25NO3. The largest absolute Gasteiger partial charge is 0.481 e. The standard InChI is InChI=1S/C21H25NO3/c1-16-7-9-17(10-8-16)11-13-20(23)22-19(12-14-21(24)25)15-18-5-3-2-4-6-18/h2-10,19H,11-15H2,1H3,(H,22,23)(H,24,25). The maximum atomic E-state index is 12.3. The molecule has 0 fully saturated rings. The van der Waals surface area contributed by atoms with Crippen LogP contribution in [0.2, 0.25) is 0 Å². The summed E-state index contributed by atoms with van der Waals surface area (Å²) in [6.07, 6.45) is 2.21. The van der Waals surface area contributed by atoms with Gasteiger partial charge in [-0.1, -0.05) is 60.2 Å². The highest BCUT2D eigenvalue weighted by Crippen LogP contribution is 2.10. The van der Waals surface area contributed by atoms with Gasteiger partial charge in [0.15, 0.2) is 0 Å². The normalized spacial score (nSPS) is 11.7. The van der Waals surface area contributed by atoms with Crippen LogP contribution in [0.4, 0.5) is 0 Å². The van der Waals surface area contributed by atoms with E-state index in [4.69, 9.17) is 5.11 Å². The fourth-order valence-electron chi connectivity index (χ4n) is 2.73. The number of carboxylic acid groups (broad SMARTS) is 1. The highest BCUT2D eigenvalue weighted by atomic mass is 16.4. The minimum absolute atomic E-state index is 0.0353. The van der Waals surface area contributed by atoms with Crippen LogP contribution < -0.4 is 5.32 Å². The van der Waals surface area contributed by atoms with Gasteiger partial charge in [0.05, 0.1) is 0 Å². The molecule has 2 rings (SSSR count). The molecule has 0 saturated carbocycles. The fraction of sp³-hybridized carbons (Fsp3) is 0.333. The van der Waals surface area contributed by atoms with E-state index in [-0.39, 0.29) is 18.4 Å². The van der Waals surface area contributed by atoms with Gasteiger partial charge >= 0.3 is 5.97 Å². The molecular weight excluding hydrogens is 314 g/mol. The molecule has 2 N–H and O–H groups in total. The molecule has 4 nitrogen and oxygen atoms in total. The Balaban J connectivity index is 1.88. The van der Waals surface area contributed by atoms with Crippen LogP contribution in [0.25, 0.3) is 0 Å². The molecule has 0 aliphatic carbocycles. The molecule has 0 bridgehead atoms. The summed E-state index contributed by atoms with van der Waals surface area (Å²) >= 11 is 0. The Bertz CT molecular complexity index is 680. The lowest BCUT2D eigenvalue weighted by Gasteiger charge is -2.18. The Morgan fingerprint density at radius 3 is 2.28 bits per heavy atom. The SMILES string of the molecule is Cc1ccc(CCC(=O)NC(CCC(=O)O)Cc2ccccc2)cc1. The first-order valence-electron chi connectivity index (χ1n) is 8.63. The van der Waals surface area contributed by atoms with Crippen molar-refractivity contribution in [2.45, 2.75) is 45.1 Å². The van der Waals surface area contributed by atoms with Crippen LogP contribution in [0.1, 0.15) is 36.0 Å². The number of benzene rings is 2. The molecule has 0 saturated heterocycles. The van der Waals surface area contributed by atoms with Crippen molar-refractivity contribution in [2.24, 2.45) is 0 Å². The maximum absolute atomic E-state index is 12.3. The molecule has 1 atom stereocenters. The third-order valence-corrected chi connectivity index (χ3v) is 4.16. The first kappa shape index (κ1) is 18.7. The predicted molar refractivity (Wildman–Crippen MR) is 98.4 cm³/mol. The van der Waals surface area contributed by atoms with E-state index in [9.17, 15) is 9.59 Å². The number of hydrogen-bond donors (Lipinski definition) is 2. The Labute approximate surface area is 148 Å². The number of hydrogen-bond acceptors (Lipinski definition) is 2. The first-order valence-corrected chi connectivity index (χ1v) is 8.63. The van der Waals surface area contributed by atoms with Crippen molar-refractivity contribution in [3.63, 3.8) is 0 Å². The van der Waals surface area contributed by atoms with Crippen molar-refractivity contribution in [3.05, 3.63) is 71.3 Å². The van der Waals surface area contributed by atoms with Crippen LogP contribution in [0.5, 0.6) is 0 Å².